The fraction of sp³-hybridized carbons (Fsp3) is 0.278. The summed E-state index contributed by atoms with van der Waals surface area (Å²) >= 11 is 1.46. The van der Waals surface area contributed by atoms with Crippen LogP contribution in [0.25, 0.3) is 5.65 Å². The number of pyridine rings is 1. The van der Waals surface area contributed by atoms with Gasteiger partial charge in [0.25, 0.3) is 0 Å². The van der Waals surface area contributed by atoms with Crippen LogP contribution in [0.5, 0.6) is 0 Å². The Hall–Kier alpha value is -2.14. The van der Waals surface area contributed by atoms with Gasteiger partial charge in [-0.05, 0) is 55.5 Å². The first-order valence-corrected chi connectivity index (χ1v) is 8.73. The van der Waals surface area contributed by atoms with Gasteiger partial charge in [-0.25, -0.2) is 0 Å². The first-order chi connectivity index (χ1) is 11.2. The lowest BCUT2D eigenvalue weighted by Gasteiger charge is -2.10. The van der Waals surface area contributed by atoms with E-state index < -0.39 is 0 Å². The van der Waals surface area contributed by atoms with Gasteiger partial charge in [-0.3, -0.25) is 9.20 Å². The van der Waals surface area contributed by atoms with E-state index in [1.54, 1.807) is 0 Å². The van der Waals surface area contributed by atoms with Crippen molar-refractivity contribution >= 4 is 23.2 Å². The molecule has 1 aliphatic carbocycles. The Balaban J connectivity index is 1.56. The third-order valence-electron chi connectivity index (χ3n) is 4.32. The lowest BCUT2D eigenvalue weighted by molar-refractivity contribution is 0.0994. The Morgan fingerprint density at radius 3 is 2.96 bits per heavy atom. The minimum absolute atomic E-state index is 0.150. The van der Waals surface area contributed by atoms with Crippen LogP contribution >= 0.6 is 11.8 Å². The number of thioether (sulfide) groups is 1. The van der Waals surface area contributed by atoms with E-state index in [1.165, 1.54) is 29.3 Å². The second-order valence-corrected chi connectivity index (χ2v) is 7.18. The van der Waals surface area contributed by atoms with Gasteiger partial charge in [0, 0.05) is 11.8 Å². The molecular formula is C18H17N3OS. The summed E-state index contributed by atoms with van der Waals surface area (Å²) in [6.45, 7) is 1.93. The number of rotatable bonds is 4. The Bertz CT molecular complexity index is 887. The predicted octanol–water partition coefficient (Wildman–Crippen LogP) is 3.58. The third kappa shape index (κ3) is 2.65. The smallest absolute Gasteiger partial charge is 0.196 e. The van der Waals surface area contributed by atoms with Crippen LogP contribution in [0.1, 0.15) is 34.8 Å². The van der Waals surface area contributed by atoms with Crippen LogP contribution in [0, 0.1) is 0 Å². The number of hydrogen-bond acceptors (Lipinski definition) is 4. The molecule has 23 heavy (non-hydrogen) atoms. The van der Waals surface area contributed by atoms with Crippen molar-refractivity contribution in [2.45, 2.75) is 36.6 Å². The molecular weight excluding hydrogens is 306 g/mol. The maximum Gasteiger partial charge on any atom is 0.196 e. The van der Waals surface area contributed by atoms with Crippen LogP contribution in [0.15, 0.2) is 47.8 Å². The molecule has 4 nitrogen and oxygen atoms in total. The first-order valence-electron chi connectivity index (χ1n) is 7.85. The molecule has 0 saturated heterocycles. The summed E-state index contributed by atoms with van der Waals surface area (Å²) in [7, 11) is 0. The average Bonchev–Trinajstić information content (AvgIpc) is 3.20. The second-order valence-electron chi connectivity index (χ2n) is 5.87. The van der Waals surface area contributed by atoms with Crippen molar-refractivity contribution in [1.29, 1.82) is 0 Å². The molecule has 116 valence electrons. The number of aryl methyl sites for hydroxylation is 2. The fourth-order valence-corrected chi connectivity index (χ4v) is 3.99. The zero-order valence-electron chi connectivity index (χ0n) is 12.9. The maximum atomic E-state index is 12.7. The molecule has 2 aromatic heterocycles. The summed E-state index contributed by atoms with van der Waals surface area (Å²) in [5, 5.41) is 8.88. The maximum absolute atomic E-state index is 12.7. The largest absolute Gasteiger partial charge is 0.293 e. The summed E-state index contributed by atoms with van der Waals surface area (Å²) in [6, 6.07) is 11.9. The molecule has 1 aromatic carbocycles. The third-order valence-corrected chi connectivity index (χ3v) is 5.37. The first kappa shape index (κ1) is 14.5. The highest BCUT2D eigenvalue weighted by atomic mass is 32.2. The van der Waals surface area contributed by atoms with E-state index in [2.05, 4.69) is 22.3 Å². The molecule has 0 N–H and O–H groups in total. The number of aromatic nitrogens is 3. The van der Waals surface area contributed by atoms with Crippen molar-refractivity contribution in [3.8, 4) is 0 Å². The van der Waals surface area contributed by atoms with Crippen molar-refractivity contribution in [3.63, 3.8) is 0 Å². The minimum Gasteiger partial charge on any atom is -0.293 e. The highest BCUT2D eigenvalue weighted by molar-refractivity contribution is 8.00. The van der Waals surface area contributed by atoms with Crippen LogP contribution in [0.3, 0.4) is 0 Å². The van der Waals surface area contributed by atoms with E-state index in [9.17, 15) is 4.79 Å². The molecule has 3 aromatic rings. The number of nitrogens with zero attached hydrogens (tertiary/aromatic N) is 3. The SMILES string of the molecule is C[C@H](Sc1nnc2ccccn12)C(=O)c1ccc2c(c1)CCC2. The fourth-order valence-electron chi connectivity index (χ4n) is 3.07. The van der Waals surface area contributed by atoms with Gasteiger partial charge in [0.2, 0.25) is 0 Å². The molecule has 0 spiro atoms. The molecule has 5 heteroatoms. The van der Waals surface area contributed by atoms with E-state index in [1.807, 2.05) is 41.8 Å². The molecule has 0 amide bonds. The topological polar surface area (TPSA) is 47.3 Å². The molecule has 0 aliphatic heterocycles. The number of hydrogen-bond donors (Lipinski definition) is 0. The van der Waals surface area contributed by atoms with Crippen molar-refractivity contribution in [1.82, 2.24) is 14.6 Å². The van der Waals surface area contributed by atoms with Crippen LogP contribution in [-0.2, 0) is 12.8 Å². The molecule has 0 fully saturated rings. The van der Waals surface area contributed by atoms with E-state index in [4.69, 9.17) is 0 Å². The van der Waals surface area contributed by atoms with Crippen LogP contribution in [-0.4, -0.2) is 25.6 Å². The van der Waals surface area contributed by atoms with Crippen molar-refractivity contribution in [2.24, 2.45) is 0 Å². The number of ketones is 1. The van der Waals surface area contributed by atoms with E-state index >= 15 is 0 Å². The van der Waals surface area contributed by atoms with Crippen LogP contribution < -0.4 is 0 Å². The van der Waals surface area contributed by atoms with Gasteiger partial charge in [-0.1, -0.05) is 30.0 Å². The average molecular weight is 323 g/mol. The van der Waals surface area contributed by atoms with Gasteiger partial charge in [0.15, 0.2) is 16.6 Å². The van der Waals surface area contributed by atoms with Crippen LogP contribution in [0.4, 0.5) is 0 Å². The standard InChI is InChI=1S/C18H17N3OS/c1-12(23-18-20-19-16-7-2-3-10-21(16)18)17(22)15-9-8-13-5-4-6-14(13)11-15/h2-3,7-12H,4-6H2,1H3/t12-/m0/s1. The van der Waals surface area contributed by atoms with Crippen molar-refractivity contribution < 1.29 is 4.79 Å². The zero-order chi connectivity index (χ0) is 15.8. The van der Waals surface area contributed by atoms with E-state index in [-0.39, 0.29) is 11.0 Å². The molecule has 4 rings (SSSR count). The molecule has 0 radical (unpaired) electrons. The Morgan fingerprint density at radius 1 is 1.17 bits per heavy atom. The van der Waals surface area contributed by atoms with Crippen LogP contribution in [0.2, 0.25) is 0 Å². The Morgan fingerprint density at radius 2 is 2.04 bits per heavy atom. The van der Waals surface area contributed by atoms with E-state index in [0.29, 0.717) is 0 Å². The molecule has 0 bridgehead atoms. The normalized spacial score (nSPS) is 14.8. The van der Waals surface area contributed by atoms with E-state index in [0.717, 1.165) is 29.2 Å². The Kier molecular flexibility index (Phi) is 3.65. The second kappa shape index (κ2) is 5.81. The molecule has 0 saturated carbocycles. The number of benzene rings is 1. The predicted molar refractivity (Wildman–Crippen MR) is 91.1 cm³/mol. The zero-order valence-corrected chi connectivity index (χ0v) is 13.7. The summed E-state index contributed by atoms with van der Waals surface area (Å²) < 4.78 is 1.91. The minimum atomic E-state index is -0.193. The summed E-state index contributed by atoms with van der Waals surface area (Å²) in [6.07, 6.45) is 5.35. The molecule has 2 heterocycles. The lowest BCUT2D eigenvalue weighted by Crippen LogP contribution is -2.14. The van der Waals surface area contributed by atoms with Crippen molar-refractivity contribution in [3.05, 3.63) is 59.3 Å². The molecule has 0 unspecified atom stereocenters. The van der Waals surface area contributed by atoms with Crippen molar-refractivity contribution in [2.75, 3.05) is 0 Å². The summed E-state index contributed by atoms with van der Waals surface area (Å²) in [5.41, 5.74) is 4.33. The lowest BCUT2D eigenvalue weighted by atomic mass is 10.0. The molecule has 1 aliphatic rings. The highest BCUT2D eigenvalue weighted by Crippen LogP contribution is 2.27. The number of carbonyl (C=O) groups excluding carboxylic acids is 1. The quantitative estimate of drug-likeness (QED) is 0.544. The van der Waals surface area contributed by atoms with Gasteiger partial charge in [-0.15, -0.1) is 10.2 Å². The summed E-state index contributed by atoms with van der Waals surface area (Å²) in [4.78, 5) is 12.7. The Labute approximate surface area is 138 Å². The highest BCUT2D eigenvalue weighted by Gasteiger charge is 2.21. The molecule has 1 atom stereocenters. The van der Waals surface area contributed by atoms with Gasteiger partial charge >= 0.3 is 0 Å². The van der Waals surface area contributed by atoms with Gasteiger partial charge in [-0.2, -0.15) is 0 Å². The monoisotopic (exact) mass is 323 g/mol. The number of carbonyl (C=O) groups is 1. The van der Waals surface area contributed by atoms with Gasteiger partial charge in [0.1, 0.15) is 0 Å². The summed E-state index contributed by atoms with van der Waals surface area (Å²) in [5.74, 6) is 0.150. The number of Topliss-reactive ketones (excluding diaryl/α,β-unsaturated/α-hetero) is 1. The number of fused-ring (bicyclic) bond motifs is 2. The van der Waals surface area contributed by atoms with Gasteiger partial charge in [0.05, 0.1) is 5.25 Å². The van der Waals surface area contributed by atoms with Gasteiger partial charge < -0.3 is 0 Å².